The lowest BCUT2D eigenvalue weighted by Crippen LogP contribution is -2.27. The summed E-state index contributed by atoms with van der Waals surface area (Å²) in [5.41, 5.74) is 0. The molecular formula is C12H21N3O2. The molecule has 5 heteroatoms. The molecule has 96 valence electrons. The molecule has 5 nitrogen and oxygen atoms in total. The topological polar surface area (TPSA) is 60.2 Å². The second kappa shape index (κ2) is 6.12. The molecule has 17 heavy (non-hydrogen) atoms. The van der Waals surface area contributed by atoms with Gasteiger partial charge in [-0.3, -0.25) is 0 Å². The van der Waals surface area contributed by atoms with Crippen molar-refractivity contribution < 1.29 is 9.26 Å². The minimum atomic E-state index is 0.240. The molecule has 2 heterocycles. The highest BCUT2D eigenvalue weighted by atomic mass is 16.5. The number of hydrogen-bond donors (Lipinski definition) is 1. The second-order valence-corrected chi connectivity index (χ2v) is 4.66. The van der Waals surface area contributed by atoms with Gasteiger partial charge in [0.1, 0.15) is 0 Å². The molecule has 2 rings (SSSR count). The van der Waals surface area contributed by atoms with Crippen LogP contribution in [-0.4, -0.2) is 36.4 Å². The van der Waals surface area contributed by atoms with Crippen LogP contribution < -0.4 is 5.32 Å². The van der Waals surface area contributed by atoms with E-state index in [0.29, 0.717) is 5.92 Å². The van der Waals surface area contributed by atoms with E-state index >= 15 is 0 Å². The number of hydrogen-bond acceptors (Lipinski definition) is 5. The summed E-state index contributed by atoms with van der Waals surface area (Å²) >= 11 is 0. The average molecular weight is 239 g/mol. The molecule has 0 saturated carbocycles. The molecule has 0 aliphatic carbocycles. The third-order valence-corrected chi connectivity index (χ3v) is 3.36. The molecule has 1 fully saturated rings. The van der Waals surface area contributed by atoms with Crippen molar-refractivity contribution >= 4 is 0 Å². The van der Waals surface area contributed by atoms with Gasteiger partial charge in [-0.15, -0.1) is 0 Å². The third-order valence-electron chi connectivity index (χ3n) is 3.36. The first kappa shape index (κ1) is 12.5. The standard InChI is InChI=1S/C12H21N3O2/c1-9(16-2)3-4-11-14-12(15-17-11)10-5-7-13-8-6-10/h9-10,13H,3-8H2,1-2H3. The zero-order chi connectivity index (χ0) is 12.1. The normalized spacial score (nSPS) is 19.4. The van der Waals surface area contributed by atoms with Gasteiger partial charge >= 0.3 is 0 Å². The lowest BCUT2D eigenvalue weighted by atomic mass is 9.98. The molecule has 0 radical (unpaired) electrons. The van der Waals surface area contributed by atoms with E-state index in [-0.39, 0.29) is 6.10 Å². The quantitative estimate of drug-likeness (QED) is 0.844. The molecule has 1 aliphatic rings. The summed E-state index contributed by atoms with van der Waals surface area (Å²) in [6.07, 6.45) is 4.17. The van der Waals surface area contributed by atoms with Gasteiger partial charge in [0.05, 0.1) is 6.10 Å². The van der Waals surface area contributed by atoms with Crippen LogP contribution in [0.4, 0.5) is 0 Å². The molecule has 1 N–H and O–H groups in total. The van der Waals surface area contributed by atoms with Crippen molar-refractivity contribution in [3.63, 3.8) is 0 Å². The average Bonchev–Trinajstić information content (AvgIpc) is 2.86. The molecule has 1 saturated heterocycles. The number of rotatable bonds is 5. The fourth-order valence-electron chi connectivity index (χ4n) is 2.06. The summed E-state index contributed by atoms with van der Waals surface area (Å²) in [5.74, 6) is 2.09. The minimum Gasteiger partial charge on any atom is -0.382 e. The predicted molar refractivity (Wildman–Crippen MR) is 63.9 cm³/mol. The summed E-state index contributed by atoms with van der Waals surface area (Å²) < 4.78 is 10.5. The fourth-order valence-corrected chi connectivity index (χ4v) is 2.06. The van der Waals surface area contributed by atoms with Crippen molar-refractivity contribution in [2.75, 3.05) is 20.2 Å². The molecular weight excluding hydrogens is 218 g/mol. The van der Waals surface area contributed by atoms with Crippen LogP contribution in [0.25, 0.3) is 0 Å². The fraction of sp³-hybridized carbons (Fsp3) is 0.833. The van der Waals surface area contributed by atoms with Gasteiger partial charge < -0.3 is 14.6 Å². The zero-order valence-corrected chi connectivity index (χ0v) is 10.6. The van der Waals surface area contributed by atoms with Gasteiger partial charge in [0.15, 0.2) is 5.82 Å². The van der Waals surface area contributed by atoms with Crippen LogP contribution in [0.1, 0.15) is 43.8 Å². The molecule has 0 aromatic carbocycles. The highest BCUT2D eigenvalue weighted by molar-refractivity contribution is 4.97. The molecule has 0 spiro atoms. The van der Waals surface area contributed by atoms with Crippen LogP contribution in [-0.2, 0) is 11.2 Å². The number of aromatic nitrogens is 2. The molecule has 1 atom stereocenters. The van der Waals surface area contributed by atoms with Crippen LogP contribution in [0.3, 0.4) is 0 Å². The van der Waals surface area contributed by atoms with Crippen LogP contribution in [0.15, 0.2) is 4.52 Å². The van der Waals surface area contributed by atoms with E-state index in [1.807, 2.05) is 6.92 Å². The Bertz CT molecular complexity index is 334. The number of methoxy groups -OCH3 is 1. The SMILES string of the molecule is COC(C)CCc1nc(C2CCNCC2)no1. The number of nitrogens with zero attached hydrogens (tertiary/aromatic N) is 2. The molecule has 0 bridgehead atoms. The summed E-state index contributed by atoms with van der Waals surface area (Å²) in [5, 5.41) is 7.43. The molecule has 0 amide bonds. The molecule has 1 aromatic heterocycles. The van der Waals surface area contributed by atoms with Crippen molar-refractivity contribution in [1.82, 2.24) is 15.5 Å². The molecule has 1 aromatic rings. The summed E-state index contributed by atoms with van der Waals surface area (Å²) in [4.78, 5) is 4.48. The van der Waals surface area contributed by atoms with E-state index in [1.165, 1.54) is 0 Å². The molecule has 1 unspecified atom stereocenters. The number of nitrogens with one attached hydrogen (secondary N) is 1. The summed E-state index contributed by atoms with van der Waals surface area (Å²) in [7, 11) is 1.72. The first-order valence-electron chi connectivity index (χ1n) is 6.35. The largest absolute Gasteiger partial charge is 0.382 e. The van der Waals surface area contributed by atoms with Crippen LogP contribution in [0, 0.1) is 0 Å². The van der Waals surface area contributed by atoms with E-state index in [1.54, 1.807) is 7.11 Å². The van der Waals surface area contributed by atoms with E-state index in [2.05, 4.69) is 15.5 Å². The summed E-state index contributed by atoms with van der Waals surface area (Å²) in [6.45, 7) is 4.15. The van der Waals surface area contributed by atoms with Crippen molar-refractivity contribution in [2.45, 2.75) is 44.6 Å². The maximum atomic E-state index is 5.28. The maximum Gasteiger partial charge on any atom is 0.226 e. The number of aryl methyl sites for hydroxylation is 1. The van der Waals surface area contributed by atoms with Crippen LogP contribution >= 0.6 is 0 Å². The van der Waals surface area contributed by atoms with Gasteiger partial charge in [0.2, 0.25) is 5.89 Å². The molecule has 1 aliphatic heterocycles. The highest BCUT2D eigenvalue weighted by Gasteiger charge is 2.20. The number of piperidine rings is 1. The van der Waals surface area contributed by atoms with Crippen LogP contribution in [0.2, 0.25) is 0 Å². The minimum absolute atomic E-state index is 0.240. The Balaban J connectivity index is 1.86. The van der Waals surface area contributed by atoms with Gasteiger partial charge in [-0.1, -0.05) is 5.16 Å². The zero-order valence-electron chi connectivity index (χ0n) is 10.6. The van der Waals surface area contributed by atoms with Crippen molar-refractivity contribution in [3.8, 4) is 0 Å². The van der Waals surface area contributed by atoms with Gasteiger partial charge in [0, 0.05) is 19.4 Å². The van der Waals surface area contributed by atoms with E-state index in [0.717, 1.165) is 50.5 Å². The maximum absolute atomic E-state index is 5.28. The van der Waals surface area contributed by atoms with Crippen molar-refractivity contribution in [3.05, 3.63) is 11.7 Å². The second-order valence-electron chi connectivity index (χ2n) is 4.66. The van der Waals surface area contributed by atoms with E-state index < -0.39 is 0 Å². The Morgan fingerprint density at radius 2 is 2.24 bits per heavy atom. The lowest BCUT2D eigenvalue weighted by molar-refractivity contribution is 0.109. The Hall–Kier alpha value is -0.940. The van der Waals surface area contributed by atoms with Gasteiger partial charge in [-0.05, 0) is 39.3 Å². The van der Waals surface area contributed by atoms with Gasteiger partial charge in [-0.2, -0.15) is 4.98 Å². The van der Waals surface area contributed by atoms with E-state index in [9.17, 15) is 0 Å². The first-order valence-corrected chi connectivity index (χ1v) is 6.35. The Kier molecular flexibility index (Phi) is 4.50. The Labute approximate surface area is 102 Å². The Morgan fingerprint density at radius 1 is 1.47 bits per heavy atom. The first-order chi connectivity index (χ1) is 8.29. The van der Waals surface area contributed by atoms with Gasteiger partial charge in [-0.25, -0.2) is 0 Å². The monoisotopic (exact) mass is 239 g/mol. The van der Waals surface area contributed by atoms with Crippen LogP contribution in [0.5, 0.6) is 0 Å². The van der Waals surface area contributed by atoms with E-state index in [4.69, 9.17) is 9.26 Å². The lowest BCUT2D eigenvalue weighted by Gasteiger charge is -2.18. The smallest absolute Gasteiger partial charge is 0.226 e. The predicted octanol–water partition coefficient (Wildman–Crippen LogP) is 1.50. The highest BCUT2D eigenvalue weighted by Crippen LogP contribution is 2.22. The third kappa shape index (κ3) is 3.51. The van der Waals surface area contributed by atoms with Crippen molar-refractivity contribution in [2.24, 2.45) is 0 Å². The van der Waals surface area contributed by atoms with Crippen molar-refractivity contribution in [1.29, 1.82) is 0 Å². The number of ether oxygens (including phenoxy) is 1. The van der Waals surface area contributed by atoms with Gasteiger partial charge in [0.25, 0.3) is 0 Å². The Morgan fingerprint density at radius 3 is 2.94 bits per heavy atom. The summed E-state index contributed by atoms with van der Waals surface area (Å²) in [6, 6.07) is 0.